The Bertz CT molecular complexity index is 3010. The first kappa shape index (κ1) is 39.5. The molecular weight excluding hydrogens is 968 g/mol. The van der Waals surface area contributed by atoms with Gasteiger partial charge in [0.15, 0.2) is 0 Å². The summed E-state index contributed by atoms with van der Waals surface area (Å²) in [5, 5.41) is 10.1. The van der Waals surface area contributed by atoms with Gasteiger partial charge < -0.3 is 14.7 Å². The maximum Gasteiger partial charge on any atom is 2.00 e. The van der Waals surface area contributed by atoms with Crippen molar-refractivity contribution < 1.29 is 25.8 Å². The zero-order valence-corrected chi connectivity index (χ0v) is 39.3. The molecule has 10 aromatic rings. The van der Waals surface area contributed by atoms with Crippen molar-refractivity contribution in [2.75, 3.05) is 0 Å². The Morgan fingerprint density at radius 2 is 0.948 bits per heavy atom. The van der Waals surface area contributed by atoms with Gasteiger partial charge >= 0.3 is 21.1 Å². The molecule has 4 aromatic carbocycles. The van der Waals surface area contributed by atoms with Gasteiger partial charge in [0, 0.05) is 42.7 Å². The molecule has 10 rings (SSSR count). The van der Waals surface area contributed by atoms with Crippen LogP contribution in [0.2, 0.25) is 0 Å². The summed E-state index contributed by atoms with van der Waals surface area (Å²) in [6, 6.07) is 34.8. The molecule has 0 radical (unpaired) electrons. The van der Waals surface area contributed by atoms with Crippen molar-refractivity contribution >= 4 is 107 Å². The van der Waals surface area contributed by atoms with Crippen LogP contribution >= 0.6 is 45.3 Å². The van der Waals surface area contributed by atoms with Crippen molar-refractivity contribution in [3.63, 3.8) is 0 Å². The van der Waals surface area contributed by atoms with E-state index in [4.69, 9.17) is 14.7 Å². The summed E-state index contributed by atoms with van der Waals surface area (Å²) in [6.07, 6.45) is 5.97. The Hall–Kier alpha value is -3.97. The van der Waals surface area contributed by atoms with E-state index in [1.54, 1.807) is 22.7 Å². The molecule has 0 unspecified atom stereocenters. The molecule has 0 aliphatic rings. The van der Waals surface area contributed by atoms with E-state index in [-0.39, 0.29) is 31.9 Å². The van der Waals surface area contributed by atoms with Crippen LogP contribution in [0.3, 0.4) is 0 Å². The van der Waals surface area contributed by atoms with E-state index >= 15 is 0 Å². The minimum absolute atomic E-state index is 0. The number of hydrogen-bond donors (Lipinski definition) is 0. The van der Waals surface area contributed by atoms with E-state index in [1.807, 2.05) is 35.1 Å². The Morgan fingerprint density at radius 1 is 0.517 bits per heavy atom. The van der Waals surface area contributed by atoms with Crippen molar-refractivity contribution in [2.24, 2.45) is 10.8 Å². The van der Waals surface area contributed by atoms with Crippen LogP contribution in [0.4, 0.5) is 0 Å². The predicted molar refractivity (Wildman–Crippen MR) is 249 cm³/mol. The molecule has 0 aliphatic carbocycles. The van der Waals surface area contributed by atoms with Crippen LogP contribution in [0.25, 0.3) is 83.0 Å². The number of hydrogen-bond acceptors (Lipinski definition) is 7. The first-order valence-corrected chi connectivity index (χ1v) is 22.7. The van der Waals surface area contributed by atoms with Gasteiger partial charge in [-0.1, -0.05) is 111 Å². The maximum absolute atomic E-state index is 6.64. The van der Waals surface area contributed by atoms with E-state index in [0.29, 0.717) is 0 Å². The molecule has 6 aromatic heterocycles. The number of aromatic nitrogens is 2. The Labute approximate surface area is 370 Å². The van der Waals surface area contributed by atoms with Crippen LogP contribution in [0, 0.1) is 36.8 Å². The monoisotopic (exact) mass is 1010 g/mol. The first-order valence-electron chi connectivity index (χ1n) is 19.4. The van der Waals surface area contributed by atoms with Gasteiger partial charge in [-0.15, -0.1) is 34.8 Å². The number of thiophene rings is 4. The molecule has 0 amide bonds. The summed E-state index contributed by atoms with van der Waals surface area (Å²) in [6.45, 7) is 18.0. The van der Waals surface area contributed by atoms with Gasteiger partial charge in [-0.3, -0.25) is 0 Å². The molecule has 58 heavy (non-hydrogen) atoms. The summed E-state index contributed by atoms with van der Waals surface area (Å²) >= 11 is 7.00. The third-order valence-corrected chi connectivity index (χ3v) is 14.9. The summed E-state index contributed by atoms with van der Waals surface area (Å²) in [7, 11) is 0. The van der Waals surface area contributed by atoms with Gasteiger partial charge in [0.05, 0.1) is 0 Å². The summed E-state index contributed by atoms with van der Waals surface area (Å²) < 4.78 is 11.6. The van der Waals surface area contributed by atoms with Crippen LogP contribution in [-0.4, -0.2) is 9.97 Å². The molecule has 0 atom stereocenters. The van der Waals surface area contributed by atoms with Gasteiger partial charge in [0.2, 0.25) is 0 Å². The van der Waals surface area contributed by atoms with Crippen molar-refractivity contribution in [3.8, 4) is 32.6 Å². The number of fused-ring (bicyclic) bond motifs is 8. The standard InChI is InChI=1S/C50H42N2OS4.Pt/c1-27-39(23-43(54-27)45-47-35(13-15-51-45)37-19-31-11-9-29(25-49(3,4)5)17-33(31)21-41(37)56-47)53-40-24-44(55-28(40)2)46-48-36(14-16-52-46)38-20-32-12-10-30(26-50(6,7)8)18-34(32)22-42(38)57-48;/h9-22H,25-26H2,1-8H3;/q-2;+2. The molecule has 0 aliphatic heterocycles. The SMILES string of the molecule is Cc1sc(-c2nccc3c2sc2cc4cc(CC(C)(C)C)ccc4cc23)[c-]c1Oc1[c-]c(-c2nccc3c2sc2cc4cc(CC(C)(C)C)ccc4cc23)sc1C.[Pt+2]. The molecule has 8 heteroatoms. The van der Waals surface area contributed by atoms with E-state index in [9.17, 15) is 0 Å². The number of nitrogens with zero attached hydrogens (tertiary/aromatic N) is 2. The van der Waals surface area contributed by atoms with E-state index in [2.05, 4.69) is 140 Å². The molecule has 0 N–H and O–H groups in total. The van der Waals surface area contributed by atoms with Gasteiger partial charge in [-0.05, 0) is 126 Å². The van der Waals surface area contributed by atoms with Crippen LogP contribution < -0.4 is 4.74 Å². The van der Waals surface area contributed by atoms with E-state index in [0.717, 1.165) is 55.2 Å². The van der Waals surface area contributed by atoms with Crippen LogP contribution in [0.1, 0.15) is 62.4 Å². The first-order chi connectivity index (χ1) is 27.2. The Kier molecular flexibility index (Phi) is 9.97. The summed E-state index contributed by atoms with van der Waals surface area (Å²) in [4.78, 5) is 13.9. The summed E-state index contributed by atoms with van der Waals surface area (Å²) in [5.74, 6) is 1.45. The maximum atomic E-state index is 6.64. The molecule has 0 fully saturated rings. The number of ether oxygens (including phenoxy) is 1. The van der Waals surface area contributed by atoms with Crippen molar-refractivity contribution in [1.82, 2.24) is 9.97 Å². The van der Waals surface area contributed by atoms with Gasteiger partial charge in [0.1, 0.15) is 0 Å². The topological polar surface area (TPSA) is 35.0 Å². The van der Waals surface area contributed by atoms with Crippen LogP contribution in [-0.2, 0) is 33.9 Å². The fourth-order valence-electron chi connectivity index (χ4n) is 8.10. The Balaban J connectivity index is 0.00000436. The second kappa shape index (κ2) is 14.6. The normalized spacial score (nSPS) is 12.5. The minimum atomic E-state index is 0. The summed E-state index contributed by atoms with van der Waals surface area (Å²) in [5.41, 5.74) is 5.17. The molecular formula is C50H42N2OPtS4. The zero-order chi connectivity index (χ0) is 39.4. The van der Waals surface area contributed by atoms with Crippen LogP contribution in [0.15, 0.2) is 85.2 Å². The number of pyridine rings is 2. The quantitative estimate of drug-likeness (QED) is 0.156. The third-order valence-electron chi connectivity index (χ3n) is 10.5. The van der Waals surface area contributed by atoms with Crippen molar-refractivity contribution in [3.05, 3.63) is 118 Å². The second-order valence-corrected chi connectivity index (χ2v) is 22.4. The molecule has 0 spiro atoms. The van der Waals surface area contributed by atoms with Crippen LogP contribution in [0.5, 0.6) is 11.5 Å². The van der Waals surface area contributed by atoms with Gasteiger partial charge in [-0.25, -0.2) is 22.7 Å². The molecule has 0 saturated heterocycles. The molecule has 0 bridgehead atoms. The second-order valence-electron chi connectivity index (χ2n) is 17.8. The van der Waals surface area contributed by atoms with Gasteiger partial charge in [-0.2, -0.15) is 0 Å². The molecule has 292 valence electrons. The van der Waals surface area contributed by atoms with Crippen molar-refractivity contribution in [1.29, 1.82) is 0 Å². The van der Waals surface area contributed by atoms with E-state index < -0.39 is 0 Å². The zero-order valence-electron chi connectivity index (χ0n) is 33.7. The number of benzene rings is 4. The fourth-order valence-corrected chi connectivity index (χ4v) is 12.5. The molecule has 0 saturated carbocycles. The number of aryl methyl sites for hydroxylation is 2. The predicted octanol–water partition coefficient (Wildman–Crippen LogP) is 16.2. The van der Waals surface area contributed by atoms with Gasteiger partial charge in [0.25, 0.3) is 0 Å². The molecule has 3 nitrogen and oxygen atoms in total. The Morgan fingerprint density at radius 3 is 1.36 bits per heavy atom. The average Bonchev–Trinajstić information content (AvgIpc) is 3.91. The largest absolute Gasteiger partial charge is 2.00 e. The molecule has 6 heterocycles. The fraction of sp³-hybridized carbons (Fsp3) is 0.240. The van der Waals surface area contributed by atoms with E-state index in [1.165, 1.54) is 73.0 Å². The minimum Gasteiger partial charge on any atom is -0.507 e. The third kappa shape index (κ3) is 7.32. The van der Waals surface area contributed by atoms with Crippen molar-refractivity contribution in [2.45, 2.75) is 68.2 Å². The number of rotatable bonds is 6. The average molecular weight is 1010 g/mol. The smallest absolute Gasteiger partial charge is 0.507 e.